The van der Waals surface area contributed by atoms with Gasteiger partial charge in [-0.3, -0.25) is 4.79 Å². The van der Waals surface area contributed by atoms with Crippen LogP contribution in [0.25, 0.3) is 0 Å². The average molecular weight is 234 g/mol. The number of benzene rings is 1. The van der Waals surface area contributed by atoms with E-state index in [-0.39, 0.29) is 5.56 Å². The van der Waals surface area contributed by atoms with Gasteiger partial charge >= 0.3 is 10.2 Å². The van der Waals surface area contributed by atoms with Gasteiger partial charge in [-0.15, -0.1) is 3.89 Å². The van der Waals surface area contributed by atoms with Crippen LogP contribution >= 0.6 is 0 Å². The van der Waals surface area contributed by atoms with Crippen molar-refractivity contribution in [2.24, 2.45) is 0 Å². The summed E-state index contributed by atoms with van der Waals surface area (Å²) in [5.74, 6) is -2.69. The molecule has 0 aliphatic carbocycles. The van der Waals surface area contributed by atoms with E-state index in [9.17, 15) is 21.5 Å². The first-order valence-corrected chi connectivity index (χ1v) is 5.61. The van der Waals surface area contributed by atoms with Crippen LogP contribution in [0.15, 0.2) is 24.3 Å². The minimum absolute atomic E-state index is 0.0613. The number of rotatable bonds is 4. The lowest BCUT2D eigenvalue weighted by atomic mass is 10.1. The number of hydrogen-bond donors (Lipinski definition) is 0. The molecule has 3 nitrogen and oxygen atoms in total. The van der Waals surface area contributed by atoms with Gasteiger partial charge in [-0.2, -0.15) is 8.42 Å². The molecule has 0 radical (unpaired) electrons. The van der Waals surface area contributed by atoms with Gasteiger partial charge in [-0.1, -0.05) is 18.2 Å². The molecule has 0 heterocycles. The van der Waals surface area contributed by atoms with E-state index >= 15 is 0 Å². The van der Waals surface area contributed by atoms with Crippen LogP contribution in [0, 0.1) is 5.82 Å². The second-order valence-electron chi connectivity index (χ2n) is 2.99. The molecule has 0 fully saturated rings. The van der Waals surface area contributed by atoms with E-state index < -0.39 is 34.0 Å². The highest BCUT2D eigenvalue weighted by Crippen LogP contribution is 2.08. The van der Waals surface area contributed by atoms with Crippen molar-refractivity contribution < 1.29 is 21.5 Å². The Balaban J connectivity index is 2.72. The van der Waals surface area contributed by atoms with E-state index in [1.807, 2.05) is 0 Å². The second-order valence-corrected chi connectivity index (χ2v) is 4.36. The molecule has 0 bridgehead atoms. The third kappa shape index (κ3) is 4.16. The summed E-state index contributed by atoms with van der Waals surface area (Å²) in [5, 5.41) is 0. The van der Waals surface area contributed by atoms with Gasteiger partial charge in [0.25, 0.3) is 0 Å². The molecule has 0 saturated carbocycles. The number of ketones is 1. The van der Waals surface area contributed by atoms with Gasteiger partial charge < -0.3 is 0 Å². The summed E-state index contributed by atoms with van der Waals surface area (Å²) in [6.45, 7) is 0. The van der Waals surface area contributed by atoms with Crippen LogP contribution in [0.2, 0.25) is 0 Å². The van der Waals surface area contributed by atoms with E-state index in [0.717, 1.165) is 6.07 Å². The van der Waals surface area contributed by atoms with Crippen molar-refractivity contribution in [3.63, 3.8) is 0 Å². The minimum Gasteiger partial charge on any atom is -0.298 e. The van der Waals surface area contributed by atoms with E-state index in [1.54, 1.807) is 0 Å². The van der Waals surface area contributed by atoms with E-state index in [2.05, 4.69) is 0 Å². The van der Waals surface area contributed by atoms with Crippen molar-refractivity contribution in [3.05, 3.63) is 35.6 Å². The van der Waals surface area contributed by atoms with Crippen molar-refractivity contribution in [3.8, 4) is 0 Å². The standard InChI is InChI=1S/C9H8F2O3S/c10-9-4-2-1-3-7(9)5-8(12)6-15(11,13)14/h1-4H,5-6H2. The summed E-state index contributed by atoms with van der Waals surface area (Å²) < 4.78 is 45.4. The summed E-state index contributed by atoms with van der Waals surface area (Å²) in [4.78, 5) is 11.0. The maximum absolute atomic E-state index is 13.0. The molecule has 1 aromatic rings. The average Bonchev–Trinajstić information content (AvgIpc) is 2.05. The molecule has 82 valence electrons. The summed E-state index contributed by atoms with van der Waals surface area (Å²) in [7, 11) is -4.83. The molecule has 1 rings (SSSR count). The largest absolute Gasteiger partial charge is 0.309 e. The van der Waals surface area contributed by atoms with Gasteiger partial charge in [0.15, 0.2) is 5.78 Å². The van der Waals surface area contributed by atoms with Gasteiger partial charge in [-0.05, 0) is 11.6 Å². The molecule has 0 aliphatic rings. The fraction of sp³-hybridized carbons (Fsp3) is 0.222. The molecule has 0 aromatic heterocycles. The Bertz CT molecular complexity index is 468. The maximum Gasteiger partial charge on any atom is 0.309 e. The van der Waals surface area contributed by atoms with Gasteiger partial charge in [0, 0.05) is 6.42 Å². The summed E-state index contributed by atoms with van der Waals surface area (Å²) in [6.07, 6.45) is -0.421. The quantitative estimate of drug-likeness (QED) is 0.736. The lowest BCUT2D eigenvalue weighted by Crippen LogP contribution is -2.14. The first kappa shape index (κ1) is 11.8. The first-order valence-electron chi connectivity index (χ1n) is 4.06. The fourth-order valence-electron chi connectivity index (χ4n) is 1.10. The highest BCUT2D eigenvalue weighted by molar-refractivity contribution is 7.87. The predicted molar refractivity (Wildman–Crippen MR) is 50.0 cm³/mol. The monoisotopic (exact) mass is 234 g/mol. The maximum atomic E-state index is 13.0. The number of hydrogen-bond acceptors (Lipinski definition) is 3. The Kier molecular flexibility index (Phi) is 3.52. The van der Waals surface area contributed by atoms with Crippen molar-refractivity contribution in [1.82, 2.24) is 0 Å². The van der Waals surface area contributed by atoms with Crippen molar-refractivity contribution in [2.45, 2.75) is 6.42 Å². The van der Waals surface area contributed by atoms with Gasteiger partial charge in [0.1, 0.15) is 11.6 Å². The third-order valence-electron chi connectivity index (χ3n) is 1.68. The Morgan fingerprint density at radius 1 is 1.27 bits per heavy atom. The van der Waals surface area contributed by atoms with Crippen molar-refractivity contribution >= 4 is 16.0 Å². The Morgan fingerprint density at radius 3 is 2.40 bits per heavy atom. The topological polar surface area (TPSA) is 51.2 Å². The smallest absolute Gasteiger partial charge is 0.298 e. The Labute approximate surface area is 85.9 Å². The van der Waals surface area contributed by atoms with Gasteiger partial charge in [-0.25, -0.2) is 4.39 Å². The number of carbonyl (C=O) groups excluding carboxylic acids is 1. The minimum atomic E-state index is -4.83. The Hall–Kier alpha value is -1.30. The van der Waals surface area contributed by atoms with Gasteiger partial charge in [0.2, 0.25) is 0 Å². The Morgan fingerprint density at radius 2 is 1.87 bits per heavy atom. The van der Waals surface area contributed by atoms with Crippen LogP contribution in [0.3, 0.4) is 0 Å². The molecule has 0 aliphatic heterocycles. The molecule has 0 amide bonds. The highest BCUT2D eigenvalue weighted by atomic mass is 32.3. The van der Waals surface area contributed by atoms with E-state index in [4.69, 9.17) is 0 Å². The molecule has 0 N–H and O–H groups in total. The number of carbonyl (C=O) groups is 1. The predicted octanol–water partition coefficient (Wildman–Crippen LogP) is 1.24. The van der Waals surface area contributed by atoms with Crippen LogP contribution in [0.5, 0.6) is 0 Å². The number of halogens is 2. The molecule has 0 saturated heterocycles. The lowest BCUT2D eigenvalue weighted by Gasteiger charge is -2.00. The van der Waals surface area contributed by atoms with Crippen LogP contribution < -0.4 is 0 Å². The zero-order valence-corrected chi connectivity index (χ0v) is 8.43. The highest BCUT2D eigenvalue weighted by Gasteiger charge is 2.16. The molecular weight excluding hydrogens is 226 g/mol. The summed E-state index contributed by atoms with van der Waals surface area (Å²) >= 11 is 0. The normalized spacial score (nSPS) is 11.3. The molecule has 0 atom stereocenters. The first-order chi connectivity index (χ1) is 6.88. The zero-order valence-electron chi connectivity index (χ0n) is 7.61. The zero-order chi connectivity index (χ0) is 11.5. The fourth-order valence-corrected chi connectivity index (χ4v) is 1.58. The second kappa shape index (κ2) is 4.48. The van der Waals surface area contributed by atoms with Crippen molar-refractivity contribution in [2.75, 3.05) is 5.75 Å². The molecule has 15 heavy (non-hydrogen) atoms. The van der Waals surface area contributed by atoms with Crippen LogP contribution in [-0.4, -0.2) is 20.0 Å². The molecule has 0 spiro atoms. The molecule has 1 aromatic carbocycles. The van der Waals surface area contributed by atoms with Gasteiger partial charge in [0.05, 0.1) is 0 Å². The van der Waals surface area contributed by atoms with Crippen LogP contribution in [0.1, 0.15) is 5.56 Å². The summed E-state index contributed by atoms with van der Waals surface area (Å²) in [5.41, 5.74) is 0.0613. The SMILES string of the molecule is O=C(Cc1ccccc1F)CS(=O)(=O)F. The number of Topliss-reactive ketones (excluding diaryl/α,β-unsaturated/α-hetero) is 1. The molecule has 0 unspecified atom stereocenters. The lowest BCUT2D eigenvalue weighted by molar-refractivity contribution is -0.116. The van der Waals surface area contributed by atoms with Crippen molar-refractivity contribution in [1.29, 1.82) is 0 Å². The van der Waals surface area contributed by atoms with Crippen LogP contribution in [-0.2, 0) is 21.4 Å². The molecule has 6 heteroatoms. The summed E-state index contributed by atoms with van der Waals surface area (Å²) in [6, 6.07) is 5.44. The van der Waals surface area contributed by atoms with E-state index in [1.165, 1.54) is 18.2 Å². The molecular formula is C9H8F2O3S. The third-order valence-corrected chi connectivity index (χ3v) is 2.35. The van der Waals surface area contributed by atoms with Crippen LogP contribution in [0.4, 0.5) is 8.28 Å². The van der Waals surface area contributed by atoms with E-state index in [0.29, 0.717) is 0 Å².